The van der Waals surface area contributed by atoms with Crippen LogP contribution in [0.1, 0.15) is 26.7 Å². The van der Waals surface area contributed by atoms with Gasteiger partial charge in [-0.3, -0.25) is 0 Å². The minimum absolute atomic E-state index is 0.0705. The molecular weight excluding hydrogens is 398 g/mol. The van der Waals surface area contributed by atoms with Gasteiger partial charge in [-0.25, -0.2) is 8.42 Å². The standard InChI is InChI=1S/C16H24ClN3O4S2/c1-16(2)8-5-9-20(11-16)26(23,24)13-6-7-14(17)15(10-13)25(21,22)18-12-19(3)4/h6-7,10,12H,5,8-9,11H2,1-4H3/b18-12+. The molecule has 1 aliphatic heterocycles. The maximum atomic E-state index is 13.0. The van der Waals surface area contributed by atoms with Gasteiger partial charge < -0.3 is 4.90 Å². The predicted molar refractivity (Wildman–Crippen MR) is 103 cm³/mol. The van der Waals surface area contributed by atoms with Crippen molar-refractivity contribution in [2.75, 3.05) is 27.2 Å². The highest BCUT2D eigenvalue weighted by Crippen LogP contribution is 2.33. The number of rotatable bonds is 5. The molecule has 0 unspecified atom stereocenters. The summed E-state index contributed by atoms with van der Waals surface area (Å²) in [5.41, 5.74) is -0.122. The summed E-state index contributed by atoms with van der Waals surface area (Å²) in [5, 5.41) is -0.0705. The summed E-state index contributed by atoms with van der Waals surface area (Å²) in [6, 6.07) is 3.69. The summed E-state index contributed by atoms with van der Waals surface area (Å²) in [5.74, 6) is 0. The first-order valence-corrected chi connectivity index (χ1v) is 11.4. The van der Waals surface area contributed by atoms with E-state index in [9.17, 15) is 16.8 Å². The minimum atomic E-state index is -4.11. The van der Waals surface area contributed by atoms with Crippen LogP contribution in [-0.2, 0) is 20.0 Å². The largest absolute Gasteiger partial charge is 0.368 e. The quantitative estimate of drug-likeness (QED) is 0.538. The van der Waals surface area contributed by atoms with Gasteiger partial charge in [0.2, 0.25) is 10.0 Å². The number of sulfonamides is 2. The molecule has 26 heavy (non-hydrogen) atoms. The molecule has 0 spiro atoms. The fraction of sp³-hybridized carbons (Fsp3) is 0.562. The normalized spacial score (nSPS) is 19.0. The van der Waals surface area contributed by atoms with Crippen molar-refractivity contribution in [3.05, 3.63) is 23.2 Å². The maximum absolute atomic E-state index is 13.0. The number of halogens is 1. The van der Waals surface area contributed by atoms with E-state index in [0.717, 1.165) is 25.2 Å². The molecule has 1 heterocycles. The molecule has 1 saturated heterocycles. The van der Waals surface area contributed by atoms with Crippen molar-refractivity contribution in [2.24, 2.45) is 9.81 Å². The third-order valence-electron chi connectivity index (χ3n) is 4.10. The molecule has 0 N–H and O–H groups in total. The first-order chi connectivity index (χ1) is 11.8. The molecule has 10 heteroatoms. The van der Waals surface area contributed by atoms with E-state index in [-0.39, 0.29) is 20.2 Å². The van der Waals surface area contributed by atoms with Gasteiger partial charge in [0.1, 0.15) is 11.2 Å². The van der Waals surface area contributed by atoms with Crippen LogP contribution in [0, 0.1) is 5.41 Å². The van der Waals surface area contributed by atoms with E-state index in [1.807, 2.05) is 13.8 Å². The Bertz CT molecular complexity index is 909. The van der Waals surface area contributed by atoms with Gasteiger partial charge in [0.25, 0.3) is 10.0 Å². The lowest BCUT2D eigenvalue weighted by molar-refractivity contribution is 0.187. The lowest BCUT2D eigenvalue weighted by Gasteiger charge is -2.37. The van der Waals surface area contributed by atoms with Crippen LogP contribution in [0.5, 0.6) is 0 Å². The van der Waals surface area contributed by atoms with Crippen LogP contribution >= 0.6 is 11.6 Å². The third-order valence-corrected chi connectivity index (χ3v) is 7.65. The summed E-state index contributed by atoms with van der Waals surface area (Å²) < 4.78 is 55.7. The van der Waals surface area contributed by atoms with Gasteiger partial charge in [-0.15, -0.1) is 4.40 Å². The first-order valence-electron chi connectivity index (χ1n) is 8.12. The fourth-order valence-corrected chi connectivity index (χ4v) is 5.97. The van der Waals surface area contributed by atoms with E-state index in [4.69, 9.17) is 11.6 Å². The Balaban J connectivity index is 2.46. The highest BCUT2D eigenvalue weighted by atomic mass is 35.5. The average molecular weight is 422 g/mol. The predicted octanol–water partition coefficient (Wildman–Crippen LogP) is 2.43. The van der Waals surface area contributed by atoms with Crippen LogP contribution < -0.4 is 0 Å². The molecule has 146 valence electrons. The number of benzene rings is 1. The molecule has 1 aromatic rings. The van der Waals surface area contributed by atoms with Crippen molar-refractivity contribution in [3.63, 3.8) is 0 Å². The van der Waals surface area contributed by atoms with Gasteiger partial charge in [0, 0.05) is 27.2 Å². The molecule has 1 aliphatic rings. The van der Waals surface area contributed by atoms with E-state index < -0.39 is 20.0 Å². The second-order valence-electron chi connectivity index (χ2n) is 7.36. The Kier molecular flexibility index (Phi) is 6.06. The van der Waals surface area contributed by atoms with Crippen LogP contribution in [0.15, 0.2) is 32.4 Å². The summed E-state index contributed by atoms with van der Waals surface area (Å²) in [4.78, 5) is 1.04. The molecule has 1 fully saturated rings. The number of hydrogen-bond donors (Lipinski definition) is 0. The molecule has 2 rings (SSSR count). The number of nitrogens with zero attached hydrogens (tertiary/aromatic N) is 3. The zero-order valence-corrected chi connectivity index (χ0v) is 17.7. The van der Waals surface area contributed by atoms with Gasteiger partial charge in [0.05, 0.1) is 9.92 Å². The zero-order valence-electron chi connectivity index (χ0n) is 15.3. The van der Waals surface area contributed by atoms with E-state index in [0.29, 0.717) is 13.1 Å². The fourth-order valence-electron chi connectivity index (χ4n) is 2.78. The van der Waals surface area contributed by atoms with Crippen LogP contribution in [0.4, 0.5) is 0 Å². The molecule has 0 atom stereocenters. The molecule has 0 aromatic heterocycles. The Morgan fingerprint density at radius 1 is 1.23 bits per heavy atom. The van der Waals surface area contributed by atoms with Crippen molar-refractivity contribution in [3.8, 4) is 0 Å². The Morgan fingerprint density at radius 3 is 2.46 bits per heavy atom. The zero-order chi connectivity index (χ0) is 19.8. The Labute approximate surface area is 160 Å². The van der Waals surface area contributed by atoms with Crippen molar-refractivity contribution in [2.45, 2.75) is 36.5 Å². The van der Waals surface area contributed by atoms with Crippen LogP contribution in [0.2, 0.25) is 5.02 Å². The second kappa shape index (κ2) is 7.46. The lowest BCUT2D eigenvalue weighted by atomic mass is 9.85. The molecule has 1 aromatic carbocycles. The molecular formula is C16H24ClN3O4S2. The summed E-state index contributed by atoms with van der Waals surface area (Å²) in [6.07, 6.45) is 2.83. The van der Waals surface area contributed by atoms with Crippen molar-refractivity contribution < 1.29 is 16.8 Å². The van der Waals surface area contributed by atoms with Crippen LogP contribution in [0.25, 0.3) is 0 Å². The maximum Gasteiger partial charge on any atom is 0.285 e. The van der Waals surface area contributed by atoms with E-state index in [2.05, 4.69) is 4.40 Å². The lowest BCUT2D eigenvalue weighted by Crippen LogP contribution is -2.43. The first kappa shape index (κ1) is 21.1. The molecule has 0 amide bonds. The average Bonchev–Trinajstić information content (AvgIpc) is 2.52. The van der Waals surface area contributed by atoms with E-state index in [1.54, 1.807) is 14.1 Å². The van der Waals surface area contributed by atoms with Gasteiger partial charge >= 0.3 is 0 Å². The van der Waals surface area contributed by atoms with Gasteiger partial charge in [0.15, 0.2) is 0 Å². The molecule has 0 aliphatic carbocycles. The SMILES string of the molecule is CN(C)/C=N/S(=O)(=O)c1cc(S(=O)(=O)N2CCCC(C)(C)C2)ccc1Cl. The van der Waals surface area contributed by atoms with Gasteiger partial charge in [-0.2, -0.15) is 12.7 Å². The van der Waals surface area contributed by atoms with Crippen molar-refractivity contribution >= 4 is 38.0 Å². The Hall–Kier alpha value is -1.16. The van der Waals surface area contributed by atoms with E-state index in [1.165, 1.54) is 21.3 Å². The van der Waals surface area contributed by atoms with Crippen molar-refractivity contribution in [1.29, 1.82) is 0 Å². The van der Waals surface area contributed by atoms with Gasteiger partial charge in [-0.05, 0) is 36.5 Å². The number of hydrogen-bond acceptors (Lipinski definition) is 4. The molecule has 7 nitrogen and oxygen atoms in total. The summed E-state index contributed by atoms with van der Waals surface area (Å²) in [7, 11) is -4.68. The highest BCUT2D eigenvalue weighted by molar-refractivity contribution is 7.90. The monoisotopic (exact) mass is 421 g/mol. The molecule has 0 radical (unpaired) electrons. The summed E-state index contributed by atoms with van der Waals surface area (Å²) >= 11 is 6.00. The topological polar surface area (TPSA) is 87.1 Å². The second-order valence-corrected chi connectivity index (χ2v) is 11.3. The highest BCUT2D eigenvalue weighted by Gasteiger charge is 2.34. The summed E-state index contributed by atoms with van der Waals surface area (Å²) in [6.45, 7) is 4.83. The molecule has 0 saturated carbocycles. The Morgan fingerprint density at radius 2 is 1.88 bits per heavy atom. The third kappa shape index (κ3) is 4.76. The van der Waals surface area contributed by atoms with Gasteiger partial charge in [-0.1, -0.05) is 25.4 Å². The van der Waals surface area contributed by atoms with Crippen molar-refractivity contribution in [1.82, 2.24) is 9.21 Å². The smallest absolute Gasteiger partial charge is 0.285 e. The molecule has 0 bridgehead atoms. The van der Waals surface area contributed by atoms with Crippen LogP contribution in [0.3, 0.4) is 0 Å². The number of piperidine rings is 1. The minimum Gasteiger partial charge on any atom is -0.368 e. The van der Waals surface area contributed by atoms with Crippen LogP contribution in [-0.4, -0.2) is 59.6 Å². The van der Waals surface area contributed by atoms with E-state index >= 15 is 0 Å².